The van der Waals surface area contributed by atoms with Crippen molar-refractivity contribution in [1.29, 1.82) is 0 Å². The molecule has 10 heteroatoms. The number of hydrogen-bond donors (Lipinski definition) is 6. The number of rotatable bonds is 10. The van der Waals surface area contributed by atoms with Crippen LogP contribution in [-0.2, 0) is 6.54 Å². The zero-order chi connectivity index (χ0) is 24.6. The summed E-state index contributed by atoms with van der Waals surface area (Å²) in [5, 5.41) is 13.3. The van der Waals surface area contributed by atoms with Gasteiger partial charge in [-0.15, -0.1) is 0 Å². The molecule has 3 rings (SSSR count). The van der Waals surface area contributed by atoms with E-state index >= 15 is 0 Å². The summed E-state index contributed by atoms with van der Waals surface area (Å²) in [6.07, 6.45) is 4.55. The van der Waals surface area contributed by atoms with Gasteiger partial charge in [-0.05, 0) is 60.9 Å². The summed E-state index contributed by atoms with van der Waals surface area (Å²) >= 11 is 1.01. The molecule has 0 radical (unpaired) electrons. The zero-order valence-corrected chi connectivity index (χ0v) is 19.8. The lowest BCUT2D eigenvalue weighted by Crippen LogP contribution is -2.46. The van der Waals surface area contributed by atoms with Crippen LogP contribution in [0.15, 0.2) is 85.0 Å². The minimum atomic E-state index is -0.595. The molecule has 2 aromatic carbocycles. The van der Waals surface area contributed by atoms with Gasteiger partial charge >= 0.3 is 0 Å². The van der Waals surface area contributed by atoms with Crippen molar-refractivity contribution in [1.82, 2.24) is 20.4 Å². The highest BCUT2D eigenvalue weighted by molar-refractivity contribution is 7.98. The van der Waals surface area contributed by atoms with Gasteiger partial charge in [0.05, 0.1) is 34.6 Å². The fourth-order valence-electron chi connectivity index (χ4n) is 3.13. The van der Waals surface area contributed by atoms with Crippen molar-refractivity contribution in [2.45, 2.75) is 25.9 Å². The first kappa shape index (κ1) is 25.1. The van der Waals surface area contributed by atoms with Crippen molar-refractivity contribution in [2.75, 3.05) is 4.47 Å². The fourth-order valence-corrected chi connectivity index (χ4v) is 3.78. The van der Waals surface area contributed by atoms with Gasteiger partial charge in [-0.3, -0.25) is 20.8 Å². The Morgan fingerprint density at radius 3 is 2.56 bits per heavy atom. The maximum atomic E-state index is 12.3. The van der Waals surface area contributed by atoms with Crippen LogP contribution in [0.4, 0.5) is 5.69 Å². The highest BCUT2D eigenvalue weighted by Crippen LogP contribution is 2.27. The number of benzene rings is 2. The van der Waals surface area contributed by atoms with Crippen molar-refractivity contribution < 1.29 is 10.0 Å². The molecule has 0 saturated heterocycles. The van der Waals surface area contributed by atoms with Gasteiger partial charge in [-0.1, -0.05) is 30.3 Å². The summed E-state index contributed by atoms with van der Waals surface area (Å²) in [5.74, 6) is 5.31. The molecule has 178 valence electrons. The number of nitrogens with zero attached hydrogens (tertiary/aromatic N) is 2. The second-order valence-corrected chi connectivity index (χ2v) is 8.72. The molecular formula is C24H29N7O2S. The average Bonchev–Trinajstić information content (AvgIpc) is 2.87. The molecule has 0 fully saturated rings. The number of hydrogen-bond acceptors (Lipinski definition) is 9. The summed E-state index contributed by atoms with van der Waals surface area (Å²) in [7, 11) is 0. The summed E-state index contributed by atoms with van der Waals surface area (Å²) in [6, 6.07) is 18.9. The number of hydrazine groups is 1. The van der Waals surface area contributed by atoms with Crippen molar-refractivity contribution in [2.24, 2.45) is 11.6 Å². The van der Waals surface area contributed by atoms with Crippen molar-refractivity contribution in [3.8, 4) is 11.1 Å². The van der Waals surface area contributed by atoms with Crippen LogP contribution < -0.4 is 31.5 Å². The number of nitrogens with two attached hydrogens (primary N) is 2. The lowest BCUT2D eigenvalue weighted by molar-refractivity contribution is 0.0950. The van der Waals surface area contributed by atoms with Gasteiger partial charge in [0.25, 0.3) is 5.91 Å². The van der Waals surface area contributed by atoms with Gasteiger partial charge in [0.1, 0.15) is 0 Å². The summed E-state index contributed by atoms with van der Waals surface area (Å²) < 4.78 is 4.14. The summed E-state index contributed by atoms with van der Waals surface area (Å²) in [4.78, 5) is 16.2. The number of anilines is 1. The molecule has 0 saturated carbocycles. The Labute approximate surface area is 203 Å². The average molecular weight is 480 g/mol. The number of amides is 1. The number of carbonyl (C=O) groups excluding carboxylic acids is 1. The first-order chi connectivity index (χ1) is 16.3. The molecule has 0 bridgehead atoms. The maximum Gasteiger partial charge on any atom is 0.253 e. The highest BCUT2D eigenvalue weighted by Gasteiger charge is 2.23. The van der Waals surface area contributed by atoms with E-state index in [9.17, 15) is 10.0 Å². The Hall–Kier alpha value is -3.57. The van der Waals surface area contributed by atoms with Crippen LogP contribution in [-0.4, -0.2) is 21.6 Å². The first-order valence-electron chi connectivity index (χ1n) is 10.5. The van der Waals surface area contributed by atoms with Gasteiger partial charge in [0.15, 0.2) is 0 Å². The Kier molecular flexibility index (Phi) is 8.50. The molecule has 1 heterocycles. The minimum absolute atomic E-state index is 0.170. The fraction of sp³-hybridized carbons (Fsp3) is 0.167. The molecule has 9 nitrogen and oxygen atoms in total. The van der Waals surface area contributed by atoms with E-state index in [4.69, 9.17) is 11.6 Å². The Morgan fingerprint density at radius 1 is 1.15 bits per heavy atom. The molecule has 1 amide bonds. The standard InChI is InChI=1S/C24H29N7O2S/c1-24(2,22(14-25)29-26)30-34-31(33)21-10-8-18(9-11-21)19-6-3-5-17(13-19)15-28-23(32)20-7-4-12-27-16-20/h3-14,16,29-30,33H,15,25-26H2,1-2H3,(H,28,32)/b22-14-. The predicted molar refractivity (Wildman–Crippen MR) is 136 cm³/mol. The molecule has 0 unspecified atom stereocenters. The minimum Gasteiger partial charge on any atom is -0.403 e. The number of pyridine rings is 1. The summed E-state index contributed by atoms with van der Waals surface area (Å²) in [5.41, 5.74) is 12.2. The lowest BCUT2D eigenvalue weighted by atomic mass is 10.0. The lowest BCUT2D eigenvalue weighted by Gasteiger charge is -2.29. The third kappa shape index (κ3) is 6.49. The predicted octanol–water partition coefficient (Wildman–Crippen LogP) is 3.07. The Morgan fingerprint density at radius 2 is 1.91 bits per heavy atom. The molecule has 3 aromatic rings. The number of nitrogens with one attached hydrogen (secondary N) is 3. The van der Waals surface area contributed by atoms with E-state index in [1.165, 1.54) is 12.4 Å². The quantitative estimate of drug-likeness (QED) is 0.147. The normalized spacial score (nSPS) is 11.7. The van der Waals surface area contributed by atoms with E-state index in [0.717, 1.165) is 33.3 Å². The van der Waals surface area contributed by atoms with Crippen LogP contribution in [0.1, 0.15) is 29.8 Å². The maximum absolute atomic E-state index is 12.3. The van der Waals surface area contributed by atoms with E-state index in [1.807, 2.05) is 62.4 Å². The smallest absolute Gasteiger partial charge is 0.253 e. The third-order valence-corrected chi connectivity index (χ3v) is 6.09. The van der Waals surface area contributed by atoms with Crippen LogP contribution in [0.2, 0.25) is 0 Å². The molecule has 34 heavy (non-hydrogen) atoms. The number of aromatic nitrogens is 1. The third-order valence-electron chi connectivity index (χ3n) is 5.11. The molecular weight excluding hydrogens is 450 g/mol. The topological polar surface area (TPSA) is 142 Å². The van der Waals surface area contributed by atoms with Gasteiger partial charge in [-0.2, -0.15) is 4.47 Å². The van der Waals surface area contributed by atoms with E-state index in [-0.39, 0.29) is 5.91 Å². The van der Waals surface area contributed by atoms with Crippen LogP contribution in [0.5, 0.6) is 0 Å². The molecule has 0 spiro atoms. The van der Waals surface area contributed by atoms with E-state index in [0.29, 0.717) is 23.5 Å². The largest absolute Gasteiger partial charge is 0.403 e. The summed E-state index contributed by atoms with van der Waals surface area (Å²) in [6.45, 7) is 4.16. The molecule has 1 aromatic heterocycles. The number of carbonyl (C=O) groups is 1. The Bertz CT molecular complexity index is 1120. The SMILES string of the molecule is CC(C)(NSN(O)c1ccc(-c2cccc(CNC(=O)c3cccnc3)c2)cc1)/C(=C/N)NN. The van der Waals surface area contributed by atoms with E-state index in [2.05, 4.69) is 20.4 Å². The van der Waals surface area contributed by atoms with Crippen molar-refractivity contribution in [3.63, 3.8) is 0 Å². The molecule has 8 N–H and O–H groups in total. The van der Waals surface area contributed by atoms with Crippen LogP contribution in [0, 0.1) is 0 Å². The second-order valence-electron chi connectivity index (χ2n) is 7.99. The Balaban J connectivity index is 1.61. The first-order valence-corrected chi connectivity index (χ1v) is 11.3. The second kappa shape index (κ2) is 11.5. The van der Waals surface area contributed by atoms with Crippen LogP contribution >= 0.6 is 12.1 Å². The van der Waals surface area contributed by atoms with Gasteiger partial charge in [-0.25, -0.2) is 4.72 Å². The molecule has 0 atom stereocenters. The van der Waals surface area contributed by atoms with E-state index in [1.54, 1.807) is 18.3 Å². The van der Waals surface area contributed by atoms with Gasteiger partial charge in [0, 0.05) is 25.1 Å². The van der Waals surface area contributed by atoms with Crippen LogP contribution in [0.3, 0.4) is 0 Å². The van der Waals surface area contributed by atoms with Crippen molar-refractivity contribution in [3.05, 3.63) is 96.1 Å². The van der Waals surface area contributed by atoms with Gasteiger partial charge in [0.2, 0.25) is 0 Å². The van der Waals surface area contributed by atoms with E-state index < -0.39 is 5.54 Å². The molecule has 0 aliphatic carbocycles. The molecule has 0 aliphatic rings. The van der Waals surface area contributed by atoms with Crippen molar-refractivity contribution >= 4 is 23.7 Å². The van der Waals surface area contributed by atoms with Crippen LogP contribution in [0.25, 0.3) is 11.1 Å². The molecule has 0 aliphatic heterocycles. The monoisotopic (exact) mass is 479 g/mol. The van der Waals surface area contributed by atoms with Gasteiger partial charge < -0.3 is 16.5 Å². The zero-order valence-electron chi connectivity index (χ0n) is 19.0. The highest BCUT2D eigenvalue weighted by atomic mass is 32.2.